The fourth-order valence-corrected chi connectivity index (χ4v) is 2.57. The lowest BCUT2D eigenvalue weighted by Gasteiger charge is -2.20. The summed E-state index contributed by atoms with van der Waals surface area (Å²) in [5.41, 5.74) is 1.10. The van der Waals surface area contributed by atoms with Crippen LogP contribution in [0.2, 0.25) is 0 Å². The van der Waals surface area contributed by atoms with Gasteiger partial charge in [0, 0.05) is 13.1 Å². The zero-order valence-corrected chi connectivity index (χ0v) is 11.5. The third-order valence-corrected chi connectivity index (χ3v) is 3.69. The third-order valence-electron chi connectivity index (χ3n) is 3.69. The van der Waals surface area contributed by atoms with Crippen LogP contribution in [0.1, 0.15) is 24.8 Å². The van der Waals surface area contributed by atoms with Crippen LogP contribution in [0.5, 0.6) is 11.5 Å². The van der Waals surface area contributed by atoms with E-state index in [0.29, 0.717) is 19.8 Å². The molecular formula is C15H20N2O3. The van der Waals surface area contributed by atoms with E-state index in [1.165, 1.54) is 0 Å². The van der Waals surface area contributed by atoms with Gasteiger partial charge in [-0.3, -0.25) is 4.79 Å². The van der Waals surface area contributed by atoms with Crippen LogP contribution in [-0.4, -0.2) is 31.7 Å². The van der Waals surface area contributed by atoms with Crippen LogP contribution in [0.25, 0.3) is 0 Å². The van der Waals surface area contributed by atoms with Crippen molar-refractivity contribution < 1.29 is 14.3 Å². The van der Waals surface area contributed by atoms with Gasteiger partial charge < -0.3 is 20.1 Å². The van der Waals surface area contributed by atoms with Crippen LogP contribution >= 0.6 is 0 Å². The fraction of sp³-hybridized carbons (Fsp3) is 0.533. The van der Waals surface area contributed by atoms with Gasteiger partial charge in [0.1, 0.15) is 13.2 Å². The highest BCUT2D eigenvalue weighted by molar-refractivity contribution is 5.81. The first kappa shape index (κ1) is 13.2. The minimum Gasteiger partial charge on any atom is -0.486 e. The summed E-state index contributed by atoms with van der Waals surface area (Å²) in [6.07, 6.45) is 3.04. The van der Waals surface area contributed by atoms with Gasteiger partial charge in [0.05, 0.1) is 6.04 Å². The van der Waals surface area contributed by atoms with Gasteiger partial charge in [-0.25, -0.2) is 0 Å². The molecule has 0 saturated carbocycles. The van der Waals surface area contributed by atoms with Crippen molar-refractivity contribution in [3.05, 3.63) is 23.8 Å². The Bertz CT molecular complexity index is 490. The van der Waals surface area contributed by atoms with Crippen molar-refractivity contribution in [1.29, 1.82) is 0 Å². The topological polar surface area (TPSA) is 59.6 Å². The highest BCUT2D eigenvalue weighted by atomic mass is 16.6. The van der Waals surface area contributed by atoms with E-state index in [0.717, 1.165) is 42.9 Å². The zero-order valence-electron chi connectivity index (χ0n) is 11.5. The van der Waals surface area contributed by atoms with E-state index in [4.69, 9.17) is 9.47 Å². The molecule has 0 radical (unpaired) electrons. The van der Waals surface area contributed by atoms with Crippen molar-refractivity contribution in [2.75, 3.05) is 19.8 Å². The zero-order chi connectivity index (χ0) is 13.8. The van der Waals surface area contributed by atoms with Crippen LogP contribution in [0.4, 0.5) is 0 Å². The summed E-state index contributed by atoms with van der Waals surface area (Å²) >= 11 is 0. The van der Waals surface area contributed by atoms with Gasteiger partial charge in [0.15, 0.2) is 11.5 Å². The maximum atomic E-state index is 11.8. The standard InChI is InChI=1S/C15H20N2O3/c18-15-12(3-1-2-6-16-15)17-10-11-4-5-13-14(9-11)20-8-7-19-13/h4-5,9,12,17H,1-3,6-8,10H2,(H,16,18)/t12-/m0/s1. The molecule has 0 spiro atoms. The van der Waals surface area contributed by atoms with Crippen molar-refractivity contribution in [1.82, 2.24) is 10.6 Å². The van der Waals surface area contributed by atoms with Gasteiger partial charge in [0.25, 0.3) is 0 Å². The number of benzene rings is 1. The molecule has 1 fully saturated rings. The molecule has 0 aromatic heterocycles. The van der Waals surface area contributed by atoms with Crippen LogP contribution < -0.4 is 20.1 Å². The number of carbonyl (C=O) groups is 1. The predicted molar refractivity (Wildman–Crippen MR) is 74.9 cm³/mol. The fourth-order valence-electron chi connectivity index (χ4n) is 2.57. The Morgan fingerprint density at radius 1 is 1.20 bits per heavy atom. The second kappa shape index (κ2) is 6.13. The predicted octanol–water partition coefficient (Wildman–Crippen LogP) is 1.22. The number of hydrogen-bond donors (Lipinski definition) is 2. The number of ether oxygens (including phenoxy) is 2. The van der Waals surface area contributed by atoms with E-state index in [1.54, 1.807) is 0 Å². The van der Waals surface area contributed by atoms with Crippen molar-refractivity contribution in [2.45, 2.75) is 31.8 Å². The van der Waals surface area contributed by atoms with E-state index in [-0.39, 0.29) is 11.9 Å². The molecule has 5 heteroatoms. The molecule has 1 aromatic carbocycles. The first-order chi connectivity index (χ1) is 9.83. The highest BCUT2D eigenvalue weighted by Gasteiger charge is 2.20. The second-order valence-electron chi connectivity index (χ2n) is 5.20. The van der Waals surface area contributed by atoms with Crippen molar-refractivity contribution in [3.8, 4) is 11.5 Å². The summed E-state index contributed by atoms with van der Waals surface area (Å²) in [5, 5.41) is 6.26. The summed E-state index contributed by atoms with van der Waals surface area (Å²) in [6.45, 7) is 2.65. The van der Waals surface area contributed by atoms with E-state index >= 15 is 0 Å². The molecule has 20 heavy (non-hydrogen) atoms. The largest absolute Gasteiger partial charge is 0.486 e. The van der Waals surface area contributed by atoms with E-state index < -0.39 is 0 Å². The van der Waals surface area contributed by atoms with Gasteiger partial charge in [-0.05, 0) is 37.0 Å². The monoisotopic (exact) mass is 276 g/mol. The maximum absolute atomic E-state index is 11.8. The summed E-state index contributed by atoms with van der Waals surface area (Å²) in [4.78, 5) is 11.8. The molecule has 2 N–H and O–H groups in total. The maximum Gasteiger partial charge on any atom is 0.237 e. The molecule has 5 nitrogen and oxygen atoms in total. The van der Waals surface area contributed by atoms with Gasteiger partial charge in [-0.15, -0.1) is 0 Å². The molecule has 1 saturated heterocycles. The van der Waals surface area contributed by atoms with Crippen LogP contribution in [0.3, 0.4) is 0 Å². The lowest BCUT2D eigenvalue weighted by molar-refractivity contribution is -0.122. The smallest absolute Gasteiger partial charge is 0.237 e. The second-order valence-corrected chi connectivity index (χ2v) is 5.20. The molecule has 2 aliphatic rings. The van der Waals surface area contributed by atoms with E-state index in [1.807, 2.05) is 18.2 Å². The van der Waals surface area contributed by atoms with Crippen LogP contribution in [-0.2, 0) is 11.3 Å². The minimum absolute atomic E-state index is 0.0919. The minimum atomic E-state index is -0.0919. The number of amides is 1. The Morgan fingerprint density at radius 2 is 2.05 bits per heavy atom. The molecule has 2 heterocycles. The summed E-state index contributed by atoms with van der Waals surface area (Å²) < 4.78 is 11.1. The molecule has 108 valence electrons. The van der Waals surface area contributed by atoms with Gasteiger partial charge in [-0.2, -0.15) is 0 Å². The molecule has 1 amide bonds. The molecule has 3 rings (SSSR count). The average Bonchev–Trinajstić information content (AvgIpc) is 2.69. The van der Waals surface area contributed by atoms with E-state index in [9.17, 15) is 4.79 Å². The first-order valence-corrected chi connectivity index (χ1v) is 7.22. The normalized spacial score (nSPS) is 22.0. The Morgan fingerprint density at radius 3 is 2.95 bits per heavy atom. The lowest BCUT2D eigenvalue weighted by Crippen LogP contribution is -2.42. The first-order valence-electron chi connectivity index (χ1n) is 7.22. The van der Waals surface area contributed by atoms with Gasteiger partial charge in [0.2, 0.25) is 5.91 Å². The van der Waals surface area contributed by atoms with Crippen LogP contribution in [0.15, 0.2) is 18.2 Å². The van der Waals surface area contributed by atoms with E-state index in [2.05, 4.69) is 10.6 Å². The molecule has 0 aliphatic carbocycles. The Kier molecular flexibility index (Phi) is 4.06. The summed E-state index contributed by atoms with van der Waals surface area (Å²) in [6, 6.07) is 5.83. The van der Waals surface area contributed by atoms with Crippen LogP contribution in [0, 0.1) is 0 Å². The Hall–Kier alpha value is -1.75. The number of fused-ring (bicyclic) bond motifs is 1. The number of nitrogens with one attached hydrogen (secondary N) is 2. The van der Waals surface area contributed by atoms with Crippen molar-refractivity contribution >= 4 is 5.91 Å². The average molecular weight is 276 g/mol. The quantitative estimate of drug-likeness (QED) is 0.871. The Balaban J connectivity index is 1.61. The Labute approximate surface area is 118 Å². The lowest BCUT2D eigenvalue weighted by atomic mass is 10.1. The molecular weight excluding hydrogens is 256 g/mol. The molecule has 0 unspecified atom stereocenters. The van der Waals surface area contributed by atoms with Gasteiger partial charge in [-0.1, -0.05) is 6.07 Å². The summed E-state index contributed by atoms with van der Waals surface area (Å²) in [7, 11) is 0. The van der Waals surface area contributed by atoms with Gasteiger partial charge >= 0.3 is 0 Å². The SMILES string of the molecule is O=C1NCCCC[C@@H]1NCc1ccc2c(c1)OCCO2. The molecule has 2 aliphatic heterocycles. The molecule has 0 bridgehead atoms. The highest BCUT2D eigenvalue weighted by Crippen LogP contribution is 2.30. The molecule has 1 aromatic rings. The number of rotatable bonds is 3. The number of carbonyl (C=O) groups excluding carboxylic acids is 1. The number of hydrogen-bond acceptors (Lipinski definition) is 4. The summed E-state index contributed by atoms with van der Waals surface area (Å²) in [5.74, 6) is 1.70. The molecule has 1 atom stereocenters. The van der Waals surface area contributed by atoms with Crippen molar-refractivity contribution in [2.24, 2.45) is 0 Å². The third kappa shape index (κ3) is 3.04. The van der Waals surface area contributed by atoms with Crippen molar-refractivity contribution in [3.63, 3.8) is 0 Å².